The Hall–Kier alpha value is -1.47. The molecule has 19 heavy (non-hydrogen) atoms. The van der Waals surface area contributed by atoms with Crippen LogP contribution in [0, 0.1) is 0 Å². The van der Waals surface area contributed by atoms with Crippen molar-refractivity contribution >= 4 is 5.91 Å². The molecule has 0 radical (unpaired) electrons. The highest BCUT2D eigenvalue weighted by Crippen LogP contribution is 2.00. The lowest BCUT2D eigenvalue weighted by Crippen LogP contribution is -2.29. The summed E-state index contributed by atoms with van der Waals surface area (Å²) in [6.07, 6.45) is 5.45. The second-order valence-electron chi connectivity index (χ2n) is 4.35. The van der Waals surface area contributed by atoms with Gasteiger partial charge < -0.3 is 15.8 Å². The zero-order valence-corrected chi connectivity index (χ0v) is 11.5. The number of amides is 1. The Kier molecular flexibility index (Phi) is 7.76. The number of nitrogens with two attached hydrogens (primary N) is 1. The fraction of sp³-hybridized carbons (Fsp3) is 0.750. The molecule has 1 heterocycles. The third kappa shape index (κ3) is 6.88. The van der Waals surface area contributed by atoms with Crippen molar-refractivity contribution in [2.45, 2.75) is 32.2 Å². The normalized spacial score (nSPS) is 10.6. The highest BCUT2D eigenvalue weighted by molar-refractivity contribution is 5.75. The lowest BCUT2D eigenvalue weighted by Gasteiger charge is -2.04. The number of carbonyl (C=O) groups is 1. The minimum absolute atomic E-state index is 0.0606. The summed E-state index contributed by atoms with van der Waals surface area (Å²) in [5.74, 6) is -0.0606. The zero-order chi connectivity index (χ0) is 13.9. The number of ether oxygens (including phenoxy) is 1. The number of nitrogens with one attached hydrogen (secondary N) is 1. The van der Waals surface area contributed by atoms with Crippen LogP contribution in [0.4, 0.5) is 0 Å². The molecule has 0 bridgehead atoms. The Bertz CT molecular complexity index is 367. The molecule has 0 saturated carbocycles. The first kappa shape index (κ1) is 15.6. The summed E-state index contributed by atoms with van der Waals surface area (Å²) in [7, 11) is 1.64. The van der Waals surface area contributed by atoms with Crippen LogP contribution < -0.4 is 11.1 Å². The molecule has 0 spiro atoms. The predicted molar refractivity (Wildman–Crippen MR) is 71.5 cm³/mol. The predicted octanol–water partition coefficient (Wildman–Crippen LogP) is -0.288. The van der Waals surface area contributed by atoms with Gasteiger partial charge in [0.15, 0.2) is 0 Å². The maximum atomic E-state index is 11.6. The summed E-state index contributed by atoms with van der Waals surface area (Å²) in [6, 6.07) is 0. The molecule has 0 aliphatic carbocycles. The van der Waals surface area contributed by atoms with Gasteiger partial charge in [0.05, 0.1) is 5.69 Å². The van der Waals surface area contributed by atoms with Crippen LogP contribution in [0.2, 0.25) is 0 Å². The van der Waals surface area contributed by atoms with E-state index in [1.807, 2.05) is 6.20 Å². The van der Waals surface area contributed by atoms with E-state index in [0.29, 0.717) is 19.7 Å². The van der Waals surface area contributed by atoms with Crippen LogP contribution in [0.25, 0.3) is 0 Å². The van der Waals surface area contributed by atoms with Crippen LogP contribution in [0.5, 0.6) is 0 Å². The molecule has 0 aliphatic rings. The van der Waals surface area contributed by atoms with Crippen molar-refractivity contribution in [3.8, 4) is 0 Å². The quantitative estimate of drug-likeness (QED) is 0.569. The third-order valence-electron chi connectivity index (χ3n) is 2.63. The number of hydrogen-bond acceptors (Lipinski definition) is 5. The molecule has 3 N–H and O–H groups in total. The zero-order valence-electron chi connectivity index (χ0n) is 11.5. The van der Waals surface area contributed by atoms with Crippen molar-refractivity contribution in [1.29, 1.82) is 0 Å². The molecular formula is C12H23N5O2. The molecule has 0 unspecified atom stereocenters. The van der Waals surface area contributed by atoms with Crippen molar-refractivity contribution in [2.24, 2.45) is 5.73 Å². The average Bonchev–Trinajstić information content (AvgIpc) is 2.83. The van der Waals surface area contributed by atoms with Crippen molar-refractivity contribution in [3.63, 3.8) is 0 Å². The molecule has 0 aromatic carbocycles. The van der Waals surface area contributed by atoms with Crippen LogP contribution in [-0.4, -0.2) is 47.7 Å². The van der Waals surface area contributed by atoms with Crippen LogP contribution in [0.3, 0.4) is 0 Å². The summed E-state index contributed by atoms with van der Waals surface area (Å²) in [5, 5.41) is 10.8. The van der Waals surface area contributed by atoms with Crippen molar-refractivity contribution in [2.75, 3.05) is 26.8 Å². The van der Waals surface area contributed by atoms with Crippen LogP contribution >= 0.6 is 0 Å². The Balaban J connectivity index is 2.22. The van der Waals surface area contributed by atoms with E-state index in [1.54, 1.807) is 11.8 Å². The van der Waals surface area contributed by atoms with Gasteiger partial charge in [0, 0.05) is 26.5 Å². The summed E-state index contributed by atoms with van der Waals surface area (Å²) in [4.78, 5) is 11.6. The molecule has 0 atom stereocenters. The number of hydrogen-bond donors (Lipinski definition) is 2. The number of unbranched alkanes of at least 4 members (excludes halogenated alkanes) is 1. The Labute approximate surface area is 113 Å². The molecule has 108 valence electrons. The molecule has 0 fully saturated rings. The Morgan fingerprint density at radius 2 is 2.32 bits per heavy atom. The van der Waals surface area contributed by atoms with Crippen molar-refractivity contribution < 1.29 is 9.53 Å². The molecule has 1 rings (SSSR count). The number of aryl methyl sites for hydroxylation is 1. The minimum Gasteiger partial charge on any atom is -0.385 e. The highest BCUT2D eigenvalue weighted by Gasteiger charge is 2.05. The standard InChI is InChI=1S/C12H23N5O2/c1-19-8-4-7-14-12(18)10-17-9-11(15-16-17)5-2-3-6-13/h9H,2-8,10,13H2,1H3,(H,14,18). The lowest BCUT2D eigenvalue weighted by atomic mass is 10.2. The fourth-order valence-electron chi connectivity index (χ4n) is 1.63. The molecule has 7 heteroatoms. The van der Waals surface area contributed by atoms with Gasteiger partial charge in [0.25, 0.3) is 0 Å². The van der Waals surface area contributed by atoms with Crippen molar-refractivity contribution in [3.05, 3.63) is 11.9 Å². The van der Waals surface area contributed by atoms with Gasteiger partial charge in [-0.15, -0.1) is 5.10 Å². The van der Waals surface area contributed by atoms with E-state index in [4.69, 9.17) is 10.5 Å². The monoisotopic (exact) mass is 269 g/mol. The minimum atomic E-state index is -0.0606. The van der Waals surface area contributed by atoms with E-state index in [9.17, 15) is 4.79 Å². The fourth-order valence-corrected chi connectivity index (χ4v) is 1.63. The third-order valence-corrected chi connectivity index (χ3v) is 2.63. The Morgan fingerprint density at radius 3 is 3.05 bits per heavy atom. The van der Waals surface area contributed by atoms with Crippen LogP contribution in [-0.2, 0) is 22.5 Å². The van der Waals surface area contributed by atoms with Gasteiger partial charge >= 0.3 is 0 Å². The first-order valence-corrected chi connectivity index (χ1v) is 6.61. The first-order valence-electron chi connectivity index (χ1n) is 6.61. The van der Waals surface area contributed by atoms with E-state index >= 15 is 0 Å². The van der Waals surface area contributed by atoms with Crippen LogP contribution in [0.15, 0.2) is 6.20 Å². The maximum Gasteiger partial charge on any atom is 0.241 e. The van der Waals surface area contributed by atoms with Gasteiger partial charge in [-0.3, -0.25) is 4.79 Å². The number of aromatic nitrogens is 3. The first-order chi connectivity index (χ1) is 9.26. The smallest absolute Gasteiger partial charge is 0.241 e. The van der Waals surface area contributed by atoms with E-state index in [2.05, 4.69) is 15.6 Å². The molecule has 1 aromatic rings. The summed E-state index contributed by atoms with van der Waals surface area (Å²) in [6.45, 7) is 2.16. The van der Waals surface area contributed by atoms with Crippen LogP contribution in [0.1, 0.15) is 25.0 Å². The maximum absolute atomic E-state index is 11.6. The summed E-state index contributed by atoms with van der Waals surface area (Å²) >= 11 is 0. The van der Waals surface area contributed by atoms with Gasteiger partial charge in [-0.05, 0) is 32.2 Å². The summed E-state index contributed by atoms with van der Waals surface area (Å²) < 4.78 is 6.46. The van der Waals surface area contributed by atoms with Gasteiger partial charge in [-0.2, -0.15) is 0 Å². The number of nitrogens with zero attached hydrogens (tertiary/aromatic N) is 3. The van der Waals surface area contributed by atoms with E-state index in [-0.39, 0.29) is 12.5 Å². The number of methoxy groups -OCH3 is 1. The largest absolute Gasteiger partial charge is 0.385 e. The van der Waals surface area contributed by atoms with E-state index in [1.165, 1.54) is 0 Å². The Morgan fingerprint density at radius 1 is 1.47 bits per heavy atom. The highest BCUT2D eigenvalue weighted by atomic mass is 16.5. The van der Waals surface area contributed by atoms with E-state index < -0.39 is 0 Å². The van der Waals surface area contributed by atoms with Crippen molar-refractivity contribution in [1.82, 2.24) is 20.3 Å². The van der Waals surface area contributed by atoms with Gasteiger partial charge in [0.2, 0.25) is 5.91 Å². The molecule has 0 saturated heterocycles. The molecular weight excluding hydrogens is 246 g/mol. The molecule has 1 aromatic heterocycles. The molecule has 1 amide bonds. The summed E-state index contributed by atoms with van der Waals surface area (Å²) in [5.41, 5.74) is 6.33. The lowest BCUT2D eigenvalue weighted by molar-refractivity contribution is -0.121. The molecule has 7 nitrogen and oxygen atoms in total. The molecule has 0 aliphatic heterocycles. The second-order valence-corrected chi connectivity index (χ2v) is 4.35. The van der Waals surface area contributed by atoms with E-state index in [0.717, 1.165) is 31.4 Å². The second kappa shape index (κ2) is 9.46. The number of rotatable bonds is 10. The number of carbonyl (C=O) groups excluding carboxylic acids is 1. The van der Waals surface area contributed by atoms with Gasteiger partial charge in [-0.1, -0.05) is 5.21 Å². The van der Waals surface area contributed by atoms with Gasteiger partial charge in [-0.25, -0.2) is 4.68 Å². The topological polar surface area (TPSA) is 95.1 Å². The van der Waals surface area contributed by atoms with Gasteiger partial charge in [0.1, 0.15) is 6.54 Å². The average molecular weight is 269 g/mol. The SMILES string of the molecule is COCCCNC(=O)Cn1cc(CCCCN)nn1.